The molecule has 0 bridgehead atoms. The van der Waals surface area contributed by atoms with Crippen molar-refractivity contribution >= 4 is 13.0 Å². The van der Waals surface area contributed by atoms with Gasteiger partial charge in [0.15, 0.2) is 0 Å². The van der Waals surface area contributed by atoms with Crippen molar-refractivity contribution in [3.8, 4) is 0 Å². The van der Waals surface area contributed by atoms with Crippen LogP contribution in [0.25, 0.3) is 0 Å². The topological polar surface area (TPSA) is 43.8 Å². The van der Waals surface area contributed by atoms with Gasteiger partial charge in [0.05, 0.1) is 12.7 Å². The summed E-state index contributed by atoms with van der Waals surface area (Å²) < 4.78 is 0. The Hall–Kier alpha value is -0.545. The van der Waals surface area contributed by atoms with Gasteiger partial charge in [0, 0.05) is 7.05 Å². The predicted octanol–water partition coefficient (Wildman–Crippen LogP) is 0.243. The lowest BCUT2D eigenvalue weighted by Crippen LogP contribution is -2.51. The van der Waals surface area contributed by atoms with Crippen LogP contribution in [0.4, 0.5) is 0 Å². The van der Waals surface area contributed by atoms with Gasteiger partial charge in [-0.25, -0.2) is 0 Å². The Bertz CT molecular complexity index is 237. The summed E-state index contributed by atoms with van der Waals surface area (Å²) >= 11 is 0. The molecule has 0 aromatic rings. The Labute approximate surface area is 86.0 Å². The van der Waals surface area contributed by atoms with E-state index in [-0.39, 0.29) is 17.5 Å². The SMILES string of the molecule is CB(O)N1CC(=O)N(C)C1C(C)(C)C. The van der Waals surface area contributed by atoms with Crippen LogP contribution in [0.15, 0.2) is 0 Å². The van der Waals surface area contributed by atoms with Gasteiger partial charge < -0.3 is 9.92 Å². The maximum Gasteiger partial charge on any atom is 0.378 e. The minimum absolute atomic E-state index is 0.0185. The first kappa shape index (κ1) is 11.5. The van der Waals surface area contributed by atoms with E-state index < -0.39 is 7.05 Å². The van der Waals surface area contributed by atoms with E-state index in [1.807, 2.05) is 4.81 Å². The molecule has 1 atom stereocenters. The van der Waals surface area contributed by atoms with Gasteiger partial charge >= 0.3 is 7.05 Å². The van der Waals surface area contributed by atoms with Crippen LogP contribution in [0, 0.1) is 5.41 Å². The standard InChI is InChI=1S/C9H19BN2O2/c1-9(2,3)8-11(5)7(13)6-12(8)10(4)14/h8,14H,6H2,1-5H3. The molecule has 1 unspecified atom stereocenters. The second kappa shape index (κ2) is 3.55. The van der Waals surface area contributed by atoms with Gasteiger partial charge in [-0.2, -0.15) is 0 Å². The van der Waals surface area contributed by atoms with Gasteiger partial charge in [-0.15, -0.1) is 0 Å². The molecule has 4 nitrogen and oxygen atoms in total. The maximum absolute atomic E-state index is 11.5. The zero-order valence-electron chi connectivity index (χ0n) is 9.61. The number of carbonyl (C=O) groups is 1. The number of hydrogen-bond donors (Lipinski definition) is 1. The van der Waals surface area contributed by atoms with Gasteiger partial charge in [-0.3, -0.25) is 9.61 Å². The van der Waals surface area contributed by atoms with Crippen molar-refractivity contribution in [1.29, 1.82) is 0 Å². The average Bonchev–Trinajstić information content (AvgIpc) is 2.27. The average molecular weight is 198 g/mol. The fraction of sp³-hybridized carbons (Fsp3) is 0.889. The lowest BCUT2D eigenvalue weighted by molar-refractivity contribution is -0.127. The Morgan fingerprint density at radius 1 is 1.50 bits per heavy atom. The third-order valence-corrected chi connectivity index (χ3v) is 2.65. The van der Waals surface area contributed by atoms with Crippen molar-refractivity contribution in [2.75, 3.05) is 13.6 Å². The van der Waals surface area contributed by atoms with Crippen molar-refractivity contribution < 1.29 is 9.82 Å². The third kappa shape index (κ3) is 1.93. The van der Waals surface area contributed by atoms with E-state index in [4.69, 9.17) is 0 Å². The smallest absolute Gasteiger partial charge is 0.378 e. The van der Waals surface area contributed by atoms with Gasteiger partial charge in [0.1, 0.15) is 0 Å². The summed E-state index contributed by atoms with van der Waals surface area (Å²) in [5.41, 5.74) is -0.0437. The molecule has 1 aliphatic rings. The van der Waals surface area contributed by atoms with E-state index in [9.17, 15) is 9.82 Å². The van der Waals surface area contributed by atoms with Crippen molar-refractivity contribution in [3.63, 3.8) is 0 Å². The Morgan fingerprint density at radius 3 is 2.29 bits per heavy atom. The first-order valence-electron chi connectivity index (χ1n) is 4.94. The van der Waals surface area contributed by atoms with E-state index in [1.54, 1.807) is 18.8 Å². The van der Waals surface area contributed by atoms with E-state index in [1.165, 1.54) is 0 Å². The lowest BCUT2D eigenvalue weighted by Gasteiger charge is -2.38. The highest BCUT2D eigenvalue weighted by atomic mass is 16.2. The maximum atomic E-state index is 11.5. The molecule has 14 heavy (non-hydrogen) atoms. The molecule has 0 aromatic carbocycles. The fourth-order valence-electron chi connectivity index (χ4n) is 2.13. The summed E-state index contributed by atoms with van der Waals surface area (Å²) in [7, 11) is 1.22. The van der Waals surface area contributed by atoms with Crippen LogP contribution in [-0.4, -0.2) is 47.5 Å². The molecular formula is C9H19BN2O2. The van der Waals surface area contributed by atoms with Gasteiger partial charge in [-0.05, 0) is 12.2 Å². The van der Waals surface area contributed by atoms with Crippen LogP contribution in [0.5, 0.6) is 0 Å². The molecule has 1 fully saturated rings. The van der Waals surface area contributed by atoms with Crippen LogP contribution >= 0.6 is 0 Å². The molecule has 0 aliphatic carbocycles. The van der Waals surface area contributed by atoms with Crippen molar-refractivity contribution in [2.24, 2.45) is 5.41 Å². The van der Waals surface area contributed by atoms with Crippen molar-refractivity contribution in [3.05, 3.63) is 0 Å². The molecule has 0 spiro atoms. The second-order valence-electron chi connectivity index (χ2n) is 5.05. The largest absolute Gasteiger partial charge is 0.437 e. The molecule has 0 aromatic heterocycles. The first-order chi connectivity index (χ1) is 6.25. The van der Waals surface area contributed by atoms with Gasteiger partial charge in [0.2, 0.25) is 5.91 Å². The molecule has 80 valence electrons. The Morgan fingerprint density at radius 2 is 2.00 bits per heavy atom. The molecule has 1 rings (SSSR count). The molecule has 5 heteroatoms. The van der Waals surface area contributed by atoms with Crippen LogP contribution in [0.2, 0.25) is 6.82 Å². The monoisotopic (exact) mass is 198 g/mol. The highest BCUT2D eigenvalue weighted by Crippen LogP contribution is 2.30. The summed E-state index contributed by atoms with van der Waals surface area (Å²) in [6.07, 6.45) is -0.0185. The van der Waals surface area contributed by atoms with Crippen LogP contribution in [0.1, 0.15) is 20.8 Å². The van der Waals surface area contributed by atoms with Gasteiger partial charge in [-0.1, -0.05) is 20.8 Å². The second-order valence-corrected chi connectivity index (χ2v) is 5.05. The summed E-state index contributed by atoms with van der Waals surface area (Å²) in [5, 5.41) is 9.57. The predicted molar refractivity (Wildman–Crippen MR) is 56.6 cm³/mol. The first-order valence-corrected chi connectivity index (χ1v) is 4.94. The molecule has 0 saturated carbocycles. The number of nitrogens with zero attached hydrogens (tertiary/aromatic N) is 2. The number of carbonyl (C=O) groups excluding carboxylic acids is 1. The van der Waals surface area contributed by atoms with Gasteiger partial charge in [0.25, 0.3) is 0 Å². The zero-order valence-corrected chi connectivity index (χ0v) is 9.61. The van der Waals surface area contributed by atoms with E-state index >= 15 is 0 Å². The Balaban J connectivity index is 2.93. The summed E-state index contributed by atoms with van der Waals surface area (Å²) in [4.78, 5) is 15.1. The minimum atomic E-state index is -0.576. The summed E-state index contributed by atoms with van der Waals surface area (Å²) in [6.45, 7) is 8.23. The zero-order chi connectivity index (χ0) is 11.1. The van der Waals surface area contributed by atoms with Crippen LogP contribution in [0.3, 0.4) is 0 Å². The van der Waals surface area contributed by atoms with Crippen LogP contribution < -0.4 is 0 Å². The molecule has 1 saturated heterocycles. The van der Waals surface area contributed by atoms with E-state index in [0.29, 0.717) is 6.54 Å². The molecule has 0 radical (unpaired) electrons. The number of likely N-dealkylation sites (N-methyl/N-ethyl adjacent to an activating group) is 1. The summed E-state index contributed by atoms with van der Waals surface area (Å²) in [6, 6.07) is 0. The van der Waals surface area contributed by atoms with Crippen molar-refractivity contribution in [2.45, 2.75) is 33.8 Å². The summed E-state index contributed by atoms with van der Waals surface area (Å²) in [5.74, 6) is 0.0748. The van der Waals surface area contributed by atoms with E-state index in [2.05, 4.69) is 20.8 Å². The highest BCUT2D eigenvalue weighted by molar-refractivity contribution is 6.46. The quantitative estimate of drug-likeness (QED) is 0.614. The lowest BCUT2D eigenvalue weighted by atomic mass is 9.80. The number of hydrogen-bond acceptors (Lipinski definition) is 3. The molecule has 1 aliphatic heterocycles. The normalized spacial score (nSPS) is 24.6. The highest BCUT2D eigenvalue weighted by Gasteiger charge is 2.44. The Kier molecular flexibility index (Phi) is 2.92. The molecule has 1 heterocycles. The molecule has 1 N–H and O–H groups in total. The third-order valence-electron chi connectivity index (χ3n) is 2.65. The van der Waals surface area contributed by atoms with Crippen molar-refractivity contribution in [1.82, 2.24) is 9.71 Å². The molecular weight excluding hydrogens is 179 g/mol. The van der Waals surface area contributed by atoms with Crippen LogP contribution in [-0.2, 0) is 4.79 Å². The van der Waals surface area contributed by atoms with E-state index in [0.717, 1.165) is 0 Å². The fourth-order valence-corrected chi connectivity index (χ4v) is 2.13. The number of amides is 1. The minimum Gasteiger partial charge on any atom is -0.437 e. The number of rotatable bonds is 1. The molecule has 1 amide bonds.